The second kappa shape index (κ2) is 6.79. The summed E-state index contributed by atoms with van der Waals surface area (Å²) in [5.74, 6) is 1.78. The highest BCUT2D eigenvalue weighted by Crippen LogP contribution is 2.30. The summed E-state index contributed by atoms with van der Waals surface area (Å²) in [6, 6.07) is 1.37. The summed E-state index contributed by atoms with van der Waals surface area (Å²) >= 11 is 0. The maximum atomic E-state index is 3.81. The van der Waals surface area contributed by atoms with E-state index in [9.17, 15) is 0 Å². The van der Waals surface area contributed by atoms with Gasteiger partial charge in [0.05, 0.1) is 0 Å². The van der Waals surface area contributed by atoms with Gasteiger partial charge >= 0.3 is 0 Å². The Balaban J connectivity index is 1.91. The fourth-order valence-electron chi connectivity index (χ4n) is 3.97. The molecular formula is C18H36N2. The first-order chi connectivity index (χ1) is 9.38. The highest BCUT2D eigenvalue weighted by Gasteiger charge is 2.35. The van der Waals surface area contributed by atoms with E-state index < -0.39 is 0 Å². The summed E-state index contributed by atoms with van der Waals surface area (Å²) < 4.78 is 0. The summed E-state index contributed by atoms with van der Waals surface area (Å²) in [5, 5.41) is 3.81. The van der Waals surface area contributed by atoms with Crippen LogP contribution < -0.4 is 5.32 Å². The van der Waals surface area contributed by atoms with Crippen molar-refractivity contribution in [1.82, 2.24) is 10.2 Å². The lowest BCUT2D eigenvalue weighted by atomic mass is 9.83. The van der Waals surface area contributed by atoms with Crippen molar-refractivity contribution in [3.63, 3.8) is 0 Å². The van der Waals surface area contributed by atoms with Gasteiger partial charge in [-0.15, -0.1) is 0 Å². The molecule has 1 N–H and O–H groups in total. The summed E-state index contributed by atoms with van der Waals surface area (Å²) in [5.41, 5.74) is 0.369. The van der Waals surface area contributed by atoms with Crippen molar-refractivity contribution in [1.29, 1.82) is 0 Å². The van der Waals surface area contributed by atoms with Crippen molar-refractivity contribution in [2.24, 2.45) is 17.3 Å². The summed E-state index contributed by atoms with van der Waals surface area (Å²) in [7, 11) is 0. The normalized spacial score (nSPS) is 30.3. The third kappa shape index (κ3) is 4.21. The zero-order valence-corrected chi connectivity index (χ0v) is 14.4. The Labute approximate surface area is 126 Å². The molecule has 0 aromatic heterocycles. The number of hydrogen-bond acceptors (Lipinski definition) is 2. The van der Waals surface area contributed by atoms with Crippen LogP contribution in [0.15, 0.2) is 0 Å². The van der Waals surface area contributed by atoms with Crippen LogP contribution in [-0.2, 0) is 0 Å². The number of nitrogens with zero attached hydrogens (tertiary/aromatic N) is 1. The van der Waals surface area contributed by atoms with E-state index in [1.165, 1.54) is 51.7 Å². The topological polar surface area (TPSA) is 15.3 Å². The third-order valence-corrected chi connectivity index (χ3v) is 5.57. The minimum absolute atomic E-state index is 0.369. The molecule has 0 bridgehead atoms. The molecule has 2 heteroatoms. The third-order valence-electron chi connectivity index (χ3n) is 5.57. The number of hydrogen-bond donors (Lipinski definition) is 1. The molecule has 2 fully saturated rings. The van der Waals surface area contributed by atoms with Crippen molar-refractivity contribution >= 4 is 0 Å². The Morgan fingerprint density at radius 2 is 1.80 bits per heavy atom. The molecule has 2 unspecified atom stereocenters. The zero-order valence-electron chi connectivity index (χ0n) is 14.4. The molecule has 20 heavy (non-hydrogen) atoms. The van der Waals surface area contributed by atoms with Crippen LogP contribution in [0.25, 0.3) is 0 Å². The van der Waals surface area contributed by atoms with E-state index in [0.29, 0.717) is 11.5 Å². The Hall–Kier alpha value is -0.0800. The molecule has 1 saturated heterocycles. The van der Waals surface area contributed by atoms with Crippen LogP contribution in [0.5, 0.6) is 0 Å². The minimum Gasteiger partial charge on any atom is -0.311 e. The van der Waals surface area contributed by atoms with Gasteiger partial charge in [0.15, 0.2) is 0 Å². The lowest BCUT2D eigenvalue weighted by Crippen LogP contribution is -2.61. The van der Waals surface area contributed by atoms with Crippen LogP contribution >= 0.6 is 0 Å². The van der Waals surface area contributed by atoms with E-state index in [1.54, 1.807) is 0 Å². The smallest absolute Gasteiger partial charge is 0.0244 e. The van der Waals surface area contributed by atoms with E-state index in [0.717, 1.165) is 17.9 Å². The second-order valence-electron chi connectivity index (χ2n) is 8.57. The lowest BCUT2D eigenvalue weighted by molar-refractivity contribution is 0.0589. The fourth-order valence-corrected chi connectivity index (χ4v) is 3.97. The number of rotatable bonds is 4. The molecule has 0 radical (unpaired) electrons. The average Bonchev–Trinajstić information content (AvgIpc) is 2.87. The Morgan fingerprint density at radius 3 is 2.35 bits per heavy atom. The van der Waals surface area contributed by atoms with Crippen molar-refractivity contribution in [2.45, 2.75) is 78.8 Å². The van der Waals surface area contributed by atoms with Crippen molar-refractivity contribution in [3.05, 3.63) is 0 Å². The zero-order chi connectivity index (χ0) is 14.8. The van der Waals surface area contributed by atoms with Crippen LogP contribution in [0.4, 0.5) is 0 Å². The molecule has 1 aliphatic heterocycles. The molecule has 0 amide bonds. The van der Waals surface area contributed by atoms with E-state index in [-0.39, 0.29) is 0 Å². The average molecular weight is 280 g/mol. The van der Waals surface area contributed by atoms with Crippen LogP contribution in [0.3, 0.4) is 0 Å². The molecule has 0 aromatic rings. The summed E-state index contributed by atoms with van der Waals surface area (Å²) in [6.07, 6.45) is 7.36. The van der Waals surface area contributed by atoms with Crippen molar-refractivity contribution in [3.8, 4) is 0 Å². The number of piperazine rings is 1. The van der Waals surface area contributed by atoms with Gasteiger partial charge in [-0.05, 0) is 30.2 Å². The van der Waals surface area contributed by atoms with Gasteiger partial charge in [-0.3, -0.25) is 4.90 Å². The van der Waals surface area contributed by atoms with Gasteiger partial charge in [0, 0.05) is 25.2 Å². The van der Waals surface area contributed by atoms with Gasteiger partial charge < -0.3 is 5.32 Å². The van der Waals surface area contributed by atoms with Crippen molar-refractivity contribution < 1.29 is 0 Å². The molecule has 2 nitrogen and oxygen atoms in total. The van der Waals surface area contributed by atoms with E-state index in [2.05, 4.69) is 44.8 Å². The Kier molecular flexibility index (Phi) is 5.53. The van der Waals surface area contributed by atoms with Gasteiger partial charge in [0.25, 0.3) is 0 Å². The van der Waals surface area contributed by atoms with E-state index >= 15 is 0 Å². The first-order valence-corrected chi connectivity index (χ1v) is 8.85. The molecule has 0 aromatic carbocycles. The molecule has 118 valence electrons. The quantitative estimate of drug-likeness (QED) is 0.840. The highest BCUT2D eigenvalue weighted by atomic mass is 15.2. The fraction of sp³-hybridized carbons (Fsp3) is 1.00. The molecule has 2 rings (SSSR count). The monoisotopic (exact) mass is 280 g/mol. The van der Waals surface area contributed by atoms with Gasteiger partial charge in [0.2, 0.25) is 0 Å². The predicted octanol–water partition coefficient (Wildman–Crippen LogP) is 3.91. The Bertz CT molecular complexity index is 286. The standard InChI is InChI=1S/C18H36N2/c1-14(2)16-12-19-17(18(3,4)5)13-20(16)11-10-15-8-6-7-9-15/h14-17,19H,6-13H2,1-5H3. The first kappa shape index (κ1) is 16.3. The molecule has 1 saturated carbocycles. The highest BCUT2D eigenvalue weighted by molar-refractivity contribution is 4.93. The molecular weight excluding hydrogens is 244 g/mol. The SMILES string of the molecule is CC(C)C1CNC(C(C)(C)C)CN1CCC1CCCC1. The maximum absolute atomic E-state index is 3.81. The Morgan fingerprint density at radius 1 is 1.15 bits per heavy atom. The maximum Gasteiger partial charge on any atom is 0.0244 e. The van der Waals surface area contributed by atoms with Crippen LogP contribution in [0.1, 0.15) is 66.7 Å². The van der Waals surface area contributed by atoms with Gasteiger partial charge in [0.1, 0.15) is 0 Å². The molecule has 1 heterocycles. The summed E-state index contributed by atoms with van der Waals surface area (Å²) in [6.45, 7) is 15.6. The van der Waals surface area contributed by atoms with Crippen molar-refractivity contribution in [2.75, 3.05) is 19.6 Å². The van der Waals surface area contributed by atoms with Crippen LogP contribution in [0.2, 0.25) is 0 Å². The van der Waals surface area contributed by atoms with Gasteiger partial charge in [-0.1, -0.05) is 60.3 Å². The van der Waals surface area contributed by atoms with Crippen LogP contribution in [0, 0.1) is 17.3 Å². The first-order valence-electron chi connectivity index (χ1n) is 8.85. The predicted molar refractivity (Wildman–Crippen MR) is 88.0 cm³/mol. The molecule has 2 aliphatic rings. The summed E-state index contributed by atoms with van der Waals surface area (Å²) in [4.78, 5) is 2.80. The lowest BCUT2D eigenvalue weighted by Gasteiger charge is -2.46. The van der Waals surface area contributed by atoms with Gasteiger partial charge in [-0.25, -0.2) is 0 Å². The molecule has 0 spiro atoms. The molecule has 1 aliphatic carbocycles. The van der Waals surface area contributed by atoms with Crippen LogP contribution in [-0.4, -0.2) is 36.6 Å². The van der Waals surface area contributed by atoms with E-state index in [1.807, 2.05) is 0 Å². The number of nitrogens with one attached hydrogen (secondary N) is 1. The second-order valence-corrected chi connectivity index (χ2v) is 8.57. The van der Waals surface area contributed by atoms with Gasteiger partial charge in [-0.2, -0.15) is 0 Å². The minimum atomic E-state index is 0.369. The molecule has 2 atom stereocenters. The largest absolute Gasteiger partial charge is 0.311 e. The van der Waals surface area contributed by atoms with E-state index in [4.69, 9.17) is 0 Å².